The van der Waals surface area contributed by atoms with Gasteiger partial charge in [0.15, 0.2) is 0 Å². The number of alkyl halides is 3. The third kappa shape index (κ3) is 3.99. The van der Waals surface area contributed by atoms with E-state index in [1.165, 1.54) is 12.1 Å². The van der Waals surface area contributed by atoms with Crippen molar-refractivity contribution in [2.75, 3.05) is 0 Å². The van der Waals surface area contributed by atoms with Crippen LogP contribution in [0.3, 0.4) is 0 Å². The highest BCUT2D eigenvalue weighted by atomic mass is 19.4. The van der Waals surface area contributed by atoms with Crippen LogP contribution >= 0.6 is 0 Å². The fraction of sp³-hybridized carbons (Fsp3) is 0.538. The van der Waals surface area contributed by atoms with Gasteiger partial charge in [-0.2, -0.15) is 13.2 Å². The van der Waals surface area contributed by atoms with Crippen molar-refractivity contribution in [1.82, 2.24) is 9.88 Å². The number of amides is 1. The molecule has 1 rings (SSSR count). The molecule has 2 N–H and O–H groups in total. The number of carbonyl (C=O) groups excluding carboxylic acids is 1. The molecule has 0 saturated heterocycles. The van der Waals surface area contributed by atoms with Crippen LogP contribution in [-0.4, -0.2) is 33.3 Å². The number of nitrogens with zero attached hydrogens (tertiary/aromatic N) is 1. The minimum absolute atomic E-state index is 0.130. The summed E-state index contributed by atoms with van der Waals surface area (Å²) in [6.45, 7) is 1.88. The molecule has 0 saturated carbocycles. The summed E-state index contributed by atoms with van der Waals surface area (Å²) in [6.07, 6.45) is -3.08. The van der Waals surface area contributed by atoms with E-state index >= 15 is 0 Å². The van der Waals surface area contributed by atoms with Gasteiger partial charge in [-0.05, 0) is 25.0 Å². The molecule has 1 amide bonds. The van der Waals surface area contributed by atoms with E-state index in [-0.39, 0.29) is 18.5 Å². The molecule has 1 heterocycles. The first-order valence-electron chi connectivity index (χ1n) is 6.43. The van der Waals surface area contributed by atoms with E-state index in [2.05, 4.69) is 5.32 Å². The van der Waals surface area contributed by atoms with E-state index in [4.69, 9.17) is 0 Å². The van der Waals surface area contributed by atoms with Crippen molar-refractivity contribution in [2.24, 2.45) is 0 Å². The maximum Gasteiger partial charge on any atom is 0.406 e. The lowest BCUT2D eigenvalue weighted by Crippen LogP contribution is -2.54. The van der Waals surface area contributed by atoms with Crippen molar-refractivity contribution >= 4 is 11.9 Å². The second kappa shape index (κ2) is 6.19. The molecule has 0 radical (unpaired) electrons. The summed E-state index contributed by atoms with van der Waals surface area (Å²) in [5.74, 6) is -2.05. The second-order valence-electron chi connectivity index (χ2n) is 4.68. The Morgan fingerprint density at radius 3 is 2.29 bits per heavy atom. The summed E-state index contributed by atoms with van der Waals surface area (Å²) in [7, 11) is 0. The molecule has 1 aromatic rings. The van der Waals surface area contributed by atoms with Crippen molar-refractivity contribution in [2.45, 2.75) is 44.9 Å². The molecule has 1 aromatic heterocycles. The molecule has 0 bridgehead atoms. The Morgan fingerprint density at radius 1 is 1.29 bits per heavy atom. The van der Waals surface area contributed by atoms with Gasteiger partial charge in [0.05, 0.1) is 0 Å². The zero-order valence-electron chi connectivity index (χ0n) is 11.7. The number of nitrogens with one attached hydrogen (secondary N) is 1. The van der Waals surface area contributed by atoms with Crippen LogP contribution in [0.5, 0.6) is 0 Å². The van der Waals surface area contributed by atoms with Gasteiger partial charge < -0.3 is 15.0 Å². The minimum atomic E-state index is -4.46. The van der Waals surface area contributed by atoms with Crippen LogP contribution in [0.15, 0.2) is 18.3 Å². The van der Waals surface area contributed by atoms with Gasteiger partial charge in [-0.3, -0.25) is 4.79 Å². The van der Waals surface area contributed by atoms with Gasteiger partial charge in [-0.1, -0.05) is 13.8 Å². The number of aliphatic carboxylic acids is 1. The molecule has 0 aliphatic heterocycles. The van der Waals surface area contributed by atoms with Crippen LogP contribution in [-0.2, 0) is 11.3 Å². The summed E-state index contributed by atoms with van der Waals surface area (Å²) in [6, 6.07) is 2.53. The first kappa shape index (κ1) is 17.1. The SMILES string of the molecule is CCC(CC)(NC(=O)c1cccn1CC(F)(F)F)C(=O)O. The number of rotatable bonds is 6. The molecule has 8 heteroatoms. The van der Waals surface area contributed by atoms with E-state index in [1.807, 2.05) is 0 Å². The standard InChI is InChI=1S/C13H17F3N2O3/c1-3-12(4-2,11(20)21)17-10(19)9-6-5-7-18(9)8-13(14,15)16/h5-7H,3-4,8H2,1-2H3,(H,17,19)(H,20,21). The molecular formula is C13H17F3N2O3. The molecule has 0 unspecified atom stereocenters. The molecule has 118 valence electrons. The Morgan fingerprint density at radius 2 is 1.86 bits per heavy atom. The average molecular weight is 306 g/mol. The Labute approximate surface area is 119 Å². The fourth-order valence-electron chi connectivity index (χ4n) is 2.02. The summed E-state index contributed by atoms with van der Waals surface area (Å²) in [4.78, 5) is 23.4. The Balaban J connectivity index is 3.00. The van der Waals surface area contributed by atoms with E-state index in [0.29, 0.717) is 0 Å². The van der Waals surface area contributed by atoms with Gasteiger partial charge >= 0.3 is 12.1 Å². The van der Waals surface area contributed by atoms with Crippen LogP contribution in [0.25, 0.3) is 0 Å². The van der Waals surface area contributed by atoms with Crippen molar-refractivity contribution in [3.05, 3.63) is 24.0 Å². The van der Waals surface area contributed by atoms with Crippen molar-refractivity contribution in [1.29, 1.82) is 0 Å². The first-order valence-corrected chi connectivity index (χ1v) is 6.43. The van der Waals surface area contributed by atoms with Crippen LogP contribution in [0.4, 0.5) is 13.2 Å². The Hall–Kier alpha value is -1.99. The summed E-state index contributed by atoms with van der Waals surface area (Å²) in [5.41, 5.74) is -1.70. The maximum atomic E-state index is 12.4. The summed E-state index contributed by atoms with van der Waals surface area (Å²) < 4.78 is 38.0. The van der Waals surface area contributed by atoms with Crippen LogP contribution in [0, 0.1) is 0 Å². The minimum Gasteiger partial charge on any atom is -0.480 e. The third-order valence-corrected chi connectivity index (χ3v) is 3.38. The molecule has 0 aromatic carbocycles. The highest BCUT2D eigenvalue weighted by Crippen LogP contribution is 2.20. The quantitative estimate of drug-likeness (QED) is 0.848. The van der Waals surface area contributed by atoms with Gasteiger partial charge in [0, 0.05) is 6.20 Å². The largest absolute Gasteiger partial charge is 0.480 e. The van der Waals surface area contributed by atoms with Crippen LogP contribution < -0.4 is 5.32 Å². The van der Waals surface area contributed by atoms with Crippen molar-refractivity contribution in [3.63, 3.8) is 0 Å². The van der Waals surface area contributed by atoms with E-state index in [1.54, 1.807) is 13.8 Å². The molecule has 5 nitrogen and oxygen atoms in total. The topological polar surface area (TPSA) is 71.3 Å². The highest BCUT2D eigenvalue weighted by Gasteiger charge is 2.37. The van der Waals surface area contributed by atoms with Gasteiger partial charge in [0.1, 0.15) is 17.8 Å². The van der Waals surface area contributed by atoms with Gasteiger partial charge in [0.25, 0.3) is 5.91 Å². The summed E-state index contributed by atoms with van der Waals surface area (Å²) in [5, 5.41) is 11.6. The lowest BCUT2D eigenvalue weighted by Gasteiger charge is -2.28. The van der Waals surface area contributed by atoms with E-state index < -0.39 is 30.1 Å². The van der Waals surface area contributed by atoms with Gasteiger partial charge in [-0.25, -0.2) is 4.79 Å². The fourth-order valence-corrected chi connectivity index (χ4v) is 2.02. The van der Waals surface area contributed by atoms with Crippen molar-refractivity contribution in [3.8, 4) is 0 Å². The average Bonchev–Trinajstić information content (AvgIpc) is 2.81. The van der Waals surface area contributed by atoms with Gasteiger partial charge in [-0.15, -0.1) is 0 Å². The second-order valence-corrected chi connectivity index (χ2v) is 4.68. The number of carboxylic acid groups (broad SMARTS) is 1. The molecule has 0 atom stereocenters. The predicted octanol–water partition coefficient (Wildman–Crippen LogP) is 2.42. The molecule has 0 aliphatic carbocycles. The van der Waals surface area contributed by atoms with E-state index in [9.17, 15) is 27.9 Å². The maximum absolute atomic E-state index is 12.4. The third-order valence-electron chi connectivity index (χ3n) is 3.38. The molecule has 0 aliphatic rings. The number of hydrogen-bond acceptors (Lipinski definition) is 2. The predicted molar refractivity (Wildman–Crippen MR) is 68.9 cm³/mol. The smallest absolute Gasteiger partial charge is 0.406 e. The van der Waals surface area contributed by atoms with Crippen molar-refractivity contribution < 1.29 is 27.9 Å². The molecule has 0 spiro atoms. The summed E-state index contributed by atoms with van der Waals surface area (Å²) >= 11 is 0. The number of hydrogen-bond donors (Lipinski definition) is 2. The Bertz CT molecular complexity index is 519. The van der Waals surface area contributed by atoms with Crippen LogP contribution in [0.2, 0.25) is 0 Å². The number of carboxylic acids is 1. The normalized spacial score (nSPS) is 12.2. The number of halogens is 3. The molecule has 0 fully saturated rings. The molecular weight excluding hydrogens is 289 g/mol. The zero-order valence-corrected chi connectivity index (χ0v) is 11.7. The Kier molecular flexibility index (Phi) is 5.03. The zero-order chi connectivity index (χ0) is 16.3. The monoisotopic (exact) mass is 306 g/mol. The highest BCUT2D eigenvalue weighted by molar-refractivity contribution is 5.96. The first-order chi connectivity index (χ1) is 9.65. The lowest BCUT2D eigenvalue weighted by atomic mass is 9.93. The van der Waals surface area contributed by atoms with Gasteiger partial charge in [0.2, 0.25) is 0 Å². The number of aromatic nitrogens is 1. The van der Waals surface area contributed by atoms with Crippen LogP contribution in [0.1, 0.15) is 37.2 Å². The molecule has 21 heavy (non-hydrogen) atoms. The number of carbonyl (C=O) groups is 2. The van der Waals surface area contributed by atoms with E-state index in [0.717, 1.165) is 10.8 Å². The lowest BCUT2D eigenvalue weighted by molar-refractivity contribution is -0.145.